The fourth-order valence-electron chi connectivity index (χ4n) is 1.71. The average molecular weight is 227 g/mol. The molecule has 0 radical (unpaired) electrons. The second-order valence-electron chi connectivity index (χ2n) is 3.66. The van der Waals surface area contributed by atoms with Gasteiger partial charge in [0.25, 0.3) is 0 Å². The lowest BCUT2D eigenvalue weighted by molar-refractivity contribution is 0.475. The second-order valence-corrected chi connectivity index (χ2v) is 3.66. The molecule has 0 aliphatic heterocycles. The first-order chi connectivity index (χ1) is 8.25. The smallest absolute Gasteiger partial charge is 0.203 e. The van der Waals surface area contributed by atoms with Crippen molar-refractivity contribution in [1.82, 2.24) is 14.6 Å². The standard InChI is InChI=1S/C12H9N3O2/c16-9-5-3-8(4-6-9)11-13-14-12-10(17)2-1-7-15(11)12/h1-7,16-17H. The van der Waals surface area contributed by atoms with Gasteiger partial charge in [-0.3, -0.25) is 4.40 Å². The molecule has 84 valence electrons. The summed E-state index contributed by atoms with van der Waals surface area (Å²) in [4.78, 5) is 0. The van der Waals surface area contributed by atoms with Crippen LogP contribution in [-0.2, 0) is 0 Å². The van der Waals surface area contributed by atoms with E-state index >= 15 is 0 Å². The zero-order valence-electron chi connectivity index (χ0n) is 8.78. The molecule has 2 N–H and O–H groups in total. The number of phenols is 1. The molecule has 0 spiro atoms. The van der Waals surface area contributed by atoms with Gasteiger partial charge in [-0.25, -0.2) is 0 Å². The van der Waals surface area contributed by atoms with E-state index in [4.69, 9.17) is 0 Å². The van der Waals surface area contributed by atoms with Crippen LogP contribution >= 0.6 is 0 Å². The number of aromatic nitrogens is 3. The highest BCUT2D eigenvalue weighted by atomic mass is 16.3. The molecule has 0 atom stereocenters. The van der Waals surface area contributed by atoms with E-state index in [1.165, 1.54) is 0 Å². The van der Waals surface area contributed by atoms with E-state index in [2.05, 4.69) is 10.2 Å². The van der Waals surface area contributed by atoms with Crippen molar-refractivity contribution < 1.29 is 10.2 Å². The Balaban J connectivity index is 2.24. The highest BCUT2D eigenvalue weighted by Crippen LogP contribution is 2.23. The van der Waals surface area contributed by atoms with Crippen molar-refractivity contribution in [2.45, 2.75) is 0 Å². The number of pyridine rings is 1. The van der Waals surface area contributed by atoms with Gasteiger partial charge in [-0.1, -0.05) is 0 Å². The molecular weight excluding hydrogens is 218 g/mol. The van der Waals surface area contributed by atoms with Gasteiger partial charge in [0.05, 0.1) is 0 Å². The fourth-order valence-corrected chi connectivity index (χ4v) is 1.71. The number of rotatable bonds is 1. The Hall–Kier alpha value is -2.56. The van der Waals surface area contributed by atoms with Crippen LogP contribution in [0.4, 0.5) is 0 Å². The van der Waals surface area contributed by atoms with Crippen molar-refractivity contribution in [3.05, 3.63) is 42.6 Å². The maximum Gasteiger partial charge on any atom is 0.203 e. The first kappa shape index (κ1) is 9.65. The van der Waals surface area contributed by atoms with Crippen LogP contribution in [0.1, 0.15) is 0 Å². The Kier molecular flexibility index (Phi) is 1.98. The second kappa shape index (κ2) is 3.48. The van der Waals surface area contributed by atoms with Gasteiger partial charge < -0.3 is 10.2 Å². The van der Waals surface area contributed by atoms with E-state index < -0.39 is 0 Å². The number of nitrogens with zero attached hydrogens (tertiary/aromatic N) is 3. The number of hydrogen-bond donors (Lipinski definition) is 2. The molecule has 17 heavy (non-hydrogen) atoms. The van der Waals surface area contributed by atoms with Crippen LogP contribution in [-0.4, -0.2) is 24.8 Å². The van der Waals surface area contributed by atoms with E-state index in [-0.39, 0.29) is 11.5 Å². The van der Waals surface area contributed by atoms with Gasteiger partial charge in [0, 0.05) is 11.8 Å². The lowest BCUT2D eigenvalue weighted by atomic mass is 10.2. The van der Waals surface area contributed by atoms with Crippen LogP contribution in [0.5, 0.6) is 11.5 Å². The molecule has 2 heterocycles. The van der Waals surface area contributed by atoms with Crippen LogP contribution in [0.25, 0.3) is 17.0 Å². The minimum atomic E-state index is 0.0880. The van der Waals surface area contributed by atoms with Crippen LogP contribution in [0.15, 0.2) is 42.6 Å². The summed E-state index contributed by atoms with van der Waals surface area (Å²) in [6.45, 7) is 0. The summed E-state index contributed by atoms with van der Waals surface area (Å²) in [6.07, 6.45) is 1.78. The summed E-state index contributed by atoms with van der Waals surface area (Å²) < 4.78 is 1.70. The lowest BCUT2D eigenvalue weighted by Crippen LogP contribution is -1.88. The number of aromatic hydroxyl groups is 2. The van der Waals surface area contributed by atoms with Gasteiger partial charge in [0.2, 0.25) is 5.65 Å². The maximum absolute atomic E-state index is 9.61. The first-order valence-corrected chi connectivity index (χ1v) is 5.08. The molecule has 0 bridgehead atoms. The van der Waals surface area contributed by atoms with E-state index in [1.54, 1.807) is 47.0 Å². The van der Waals surface area contributed by atoms with Crippen molar-refractivity contribution in [3.63, 3.8) is 0 Å². The van der Waals surface area contributed by atoms with Crippen LogP contribution in [0.2, 0.25) is 0 Å². The maximum atomic E-state index is 9.61. The van der Waals surface area contributed by atoms with Crippen molar-refractivity contribution in [1.29, 1.82) is 0 Å². The zero-order valence-corrected chi connectivity index (χ0v) is 8.78. The predicted molar refractivity (Wildman–Crippen MR) is 61.8 cm³/mol. The van der Waals surface area contributed by atoms with Gasteiger partial charge in [0.15, 0.2) is 11.6 Å². The molecule has 0 unspecified atom stereocenters. The molecule has 0 aliphatic rings. The lowest BCUT2D eigenvalue weighted by Gasteiger charge is -2.00. The third-order valence-corrected chi connectivity index (χ3v) is 2.54. The minimum absolute atomic E-state index is 0.0880. The average Bonchev–Trinajstić information content (AvgIpc) is 2.75. The molecule has 5 nitrogen and oxygen atoms in total. The number of phenolic OH excluding ortho intramolecular Hbond substituents is 1. The molecule has 0 fully saturated rings. The van der Waals surface area contributed by atoms with Crippen molar-refractivity contribution in [2.24, 2.45) is 0 Å². The van der Waals surface area contributed by atoms with Crippen molar-refractivity contribution >= 4 is 5.65 Å². The van der Waals surface area contributed by atoms with Gasteiger partial charge in [-0.2, -0.15) is 0 Å². The summed E-state index contributed by atoms with van der Waals surface area (Å²) >= 11 is 0. The van der Waals surface area contributed by atoms with Gasteiger partial charge in [-0.15, -0.1) is 10.2 Å². The van der Waals surface area contributed by atoms with E-state index in [1.807, 2.05) is 0 Å². The van der Waals surface area contributed by atoms with Crippen LogP contribution in [0.3, 0.4) is 0 Å². The van der Waals surface area contributed by atoms with Gasteiger partial charge in [0.1, 0.15) is 5.75 Å². The summed E-state index contributed by atoms with van der Waals surface area (Å²) in [5, 5.41) is 26.8. The molecule has 0 saturated heterocycles. The molecule has 5 heteroatoms. The number of fused-ring (bicyclic) bond motifs is 1. The largest absolute Gasteiger partial charge is 0.508 e. The summed E-state index contributed by atoms with van der Waals surface area (Å²) in [5.41, 5.74) is 1.23. The Morgan fingerprint density at radius 2 is 1.71 bits per heavy atom. The molecule has 3 aromatic rings. The number of hydrogen-bond acceptors (Lipinski definition) is 4. The molecule has 2 aromatic heterocycles. The normalized spacial score (nSPS) is 10.8. The zero-order chi connectivity index (χ0) is 11.8. The third kappa shape index (κ3) is 1.48. The van der Waals surface area contributed by atoms with E-state index in [0.717, 1.165) is 5.56 Å². The number of benzene rings is 1. The Bertz CT molecular complexity index is 674. The molecule has 0 aliphatic carbocycles. The SMILES string of the molecule is Oc1ccc(-c2nnc3c(O)cccn23)cc1. The third-order valence-electron chi connectivity index (χ3n) is 2.54. The van der Waals surface area contributed by atoms with E-state index in [9.17, 15) is 10.2 Å². The summed E-state index contributed by atoms with van der Waals surface area (Å²) in [7, 11) is 0. The van der Waals surface area contributed by atoms with Crippen LogP contribution in [0, 0.1) is 0 Å². The fraction of sp³-hybridized carbons (Fsp3) is 0. The molecule has 0 saturated carbocycles. The van der Waals surface area contributed by atoms with Crippen LogP contribution < -0.4 is 0 Å². The predicted octanol–water partition coefficient (Wildman–Crippen LogP) is 1.81. The molecule has 1 aromatic carbocycles. The Morgan fingerprint density at radius 1 is 0.941 bits per heavy atom. The van der Waals surface area contributed by atoms with Gasteiger partial charge in [-0.05, 0) is 36.4 Å². The molecular formula is C12H9N3O2. The van der Waals surface area contributed by atoms with Crippen molar-refractivity contribution in [2.75, 3.05) is 0 Å². The minimum Gasteiger partial charge on any atom is -0.508 e. The van der Waals surface area contributed by atoms with Gasteiger partial charge >= 0.3 is 0 Å². The van der Waals surface area contributed by atoms with E-state index in [0.29, 0.717) is 11.5 Å². The first-order valence-electron chi connectivity index (χ1n) is 5.08. The Labute approximate surface area is 96.6 Å². The quantitative estimate of drug-likeness (QED) is 0.665. The summed E-state index contributed by atoms with van der Waals surface area (Å²) in [5.74, 6) is 0.909. The molecule has 3 rings (SSSR count). The highest BCUT2D eigenvalue weighted by molar-refractivity contribution is 5.63. The Morgan fingerprint density at radius 3 is 2.47 bits per heavy atom. The topological polar surface area (TPSA) is 70.7 Å². The summed E-state index contributed by atoms with van der Waals surface area (Å²) in [6, 6.07) is 9.93. The van der Waals surface area contributed by atoms with Crippen molar-refractivity contribution in [3.8, 4) is 22.9 Å². The molecule has 0 amide bonds. The highest BCUT2D eigenvalue weighted by Gasteiger charge is 2.09. The monoisotopic (exact) mass is 227 g/mol.